The summed E-state index contributed by atoms with van der Waals surface area (Å²) >= 11 is 0. The summed E-state index contributed by atoms with van der Waals surface area (Å²) in [6.07, 6.45) is 0.899. The van der Waals surface area contributed by atoms with E-state index in [4.69, 9.17) is 15.5 Å². The Labute approximate surface area is 113 Å². The minimum Gasteiger partial charge on any atom is -0.398 e. The third kappa shape index (κ3) is 2.12. The zero-order chi connectivity index (χ0) is 13.2. The van der Waals surface area contributed by atoms with E-state index in [1.165, 1.54) is 0 Å². The number of anilines is 2. The number of hydrogen-bond acceptors (Lipinski definition) is 4. The lowest BCUT2D eigenvalue weighted by molar-refractivity contribution is 0.122. The van der Waals surface area contributed by atoms with Crippen molar-refractivity contribution in [3.05, 3.63) is 29.8 Å². The number of hydrogen-bond donors (Lipinski definition) is 1. The highest BCUT2D eigenvalue weighted by molar-refractivity contribution is 5.94. The lowest BCUT2D eigenvalue weighted by atomic mass is 10.1. The number of nitrogens with zero attached hydrogens (tertiary/aromatic N) is 2. The summed E-state index contributed by atoms with van der Waals surface area (Å²) in [5.41, 5.74) is 9.33. The molecular weight excluding hydrogens is 238 g/mol. The van der Waals surface area contributed by atoms with Gasteiger partial charge >= 0.3 is 0 Å². The van der Waals surface area contributed by atoms with Gasteiger partial charge in [-0.3, -0.25) is 0 Å². The van der Waals surface area contributed by atoms with Crippen LogP contribution in [0, 0.1) is 0 Å². The molecule has 0 unspecified atom stereocenters. The lowest BCUT2D eigenvalue weighted by Gasteiger charge is -2.30. The van der Waals surface area contributed by atoms with Gasteiger partial charge in [0.05, 0.1) is 18.7 Å². The van der Waals surface area contributed by atoms with Crippen LogP contribution in [0.25, 0.3) is 10.9 Å². The van der Waals surface area contributed by atoms with Crippen LogP contribution >= 0.6 is 0 Å². The summed E-state index contributed by atoms with van der Waals surface area (Å²) < 4.78 is 5.41. The second kappa shape index (κ2) is 5.05. The number of para-hydroxylation sites is 1. The van der Waals surface area contributed by atoms with Gasteiger partial charge < -0.3 is 15.4 Å². The third-order valence-electron chi connectivity index (χ3n) is 3.68. The van der Waals surface area contributed by atoms with Crippen LogP contribution in [0.1, 0.15) is 12.5 Å². The average Bonchev–Trinajstić information content (AvgIpc) is 2.48. The Morgan fingerprint density at radius 3 is 2.74 bits per heavy atom. The fourth-order valence-electron chi connectivity index (χ4n) is 2.65. The summed E-state index contributed by atoms with van der Waals surface area (Å²) in [5.74, 6) is 1.03. The Balaban J connectivity index is 2.16. The van der Waals surface area contributed by atoms with Crippen LogP contribution in [0.3, 0.4) is 0 Å². The van der Waals surface area contributed by atoms with Gasteiger partial charge in [0, 0.05) is 29.7 Å². The van der Waals surface area contributed by atoms with Crippen molar-refractivity contribution < 1.29 is 4.74 Å². The summed E-state index contributed by atoms with van der Waals surface area (Å²) in [4.78, 5) is 7.10. The fraction of sp³-hybridized carbons (Fsp3) is 0.400. The molecule has 0 radical (unpaired) electrons. The maximum atomic E-state index is 6.34. The topological polar surface area (TPSA) is 51.4 Å². The van der Waals surface area contributed by atoms with Crippen LogP contribution in [0.15, 0.2) is 24.3 Å². The molecule has 0 atom stereocenters. The summed E-state index contributed by atoms with van der Waals surface area (Å²) in [6, 6.07) is 8.08. The Hall–Kier alpha value is -1.81. The molecule has 1 saturated heterocycles. The number of fused-ring (bicyclic) bond motifs is 1. The molecule has 0 spiro atoms. The SMILES string of the molecule is CCc1c(N2CCOCC2)nc2ccccc2c1N. The van der Waals surface area contributed by atoms with E-state index in [0.717, 1.165) is 60.7 Å². The quantitative estimate of drug-likeness (QED) is 0.896. The van der Waals surface area contributed by atoms with Crippen molar-refractivity contribution in [2.24, 2.45) is 0 Å². The van der Waals surface area contributed by atoms with Crippen LogP contribution in [0.5, 0.6) is 0 Å². The Bertz CT molecular complexity index is 591. The predicted molar refractivity (Wildman–Crippen MR) is 78.6 cm³/mol. The normalized spacial score (nSPS) is 15.9. The highest BCUT2D eigenvalue weighted by atomic mass is 16.5. The fourth-order valence-corrected chi connectivity index (χ4v) is 2.65. The molecule has 2 aromatic rings. The molecule has 4 heteroatoms. The third-order valence-corrected chi connectivity index (χ3v) is 3.68. The summed E-state index contributed by atoms with van der Waals surface area (Å²) in [6.45, 7) is 5.43. The van der Waals surface area contributed by atoms with Crippen LogP contribution in [0.4, 0.5) is 11.5 Å². The van der Waals surface area contributed by atoms with Gasteiger partial charge in [-0.25, -0.2) is 4.98 Å². The van der Waals surface area contributed by atoms with Crippen molar-refractivity contribution in [2.45, 2.75) is 13.3 Å². The second-order valence-electron chi connectivity index (χ2n) is 4.80. The van der Waals surface area contributed by atoms with Crippen LogP contribution in [0.2, 0.25) is 0 Å². The summed E-state index contributed by atoms with van der Waals surface area (Å²) in [5, 5.41) is 1.05. The van der Waals surface area contributed by atoms with Crippen molar-refractivity contribution in [1.82, 2.24) is 4.98 Å². The molecule has 3 rings (SSSR count). The first-order valence-electron chi connectivity index (χ1n) is 6.81. The van der Waals surface area contributed by atoms with E-state index in [0.29, 0.717) is 0 Å². The number of ether oxygens (including phenoxy) is 1. The van der Waals surface area contributed by atoms with E-state index < -0.39 is 0 Å². The van der Waals surface area contributed by atoms with Gasteiger partial charge in [0.15, 0.2) is 0 Å². The molecule has 0 aliphatic carbocycles. The van der Waals surface area contributed by atoms with E-state index in [-0.39, 0.29) is 0 Å². The molecule has 1 aromatic heterocycles. The number of nitrogen functional groups attached to an aromatic ring is 1. The second-order valence-corrected chi connectivity index (χ2v) is 4.80. The minimum atomic E-state index is 0.761. The maximum absolute atomic E-state index is 6.34. The molecule has 1 aliphatic heterocycles. The minimum absolute atomic E-state index is 0.761. The first-order chi connectivity index (χ1) is 9.31. The molecule has 100 valence electrons. The lowest BCUT2D eigenvalue weighted by Crippen LogP contribution is -2.37. The smallest absolute Gasteiger partial charge is 0.134 e. The van der Waals surface area contributed by atoms with Crippen molar-refractivity contribution in [2.75, 3.05) is 36.9 Å². The van der Waals surface area contributed by atoms with E-state index >= 15 is 0 Å². The van der Waals surface area contributed by atoms with Crippen LogP contribution in [-0.4, -0.2) is 31.3 Å². The van der Waals surface area contributed by atoms with Gasteiger partial charge in [0.2, 0.25) is 0 Å². The number of benzene rings is 1. The van der Waals surface area contributed by atoms with Gasteiger partial charge in [-0.05, 0) is 12.5 Å². The highest BCUT2D eigenvalue weighted by Crippen LogP contribution is 2.31. The highest BCUT2D eigenvalue weighted by Gasteiger charge is 2.19. The van der Waals surface area contributed by atoms with E-state index in [9.17, 15) is 0 Å². The first kappa shape index (κ1) is 12.2. The zero-order valence-corrected chi connectivity index (χ0v) is 11.2. The molecule has 1 aromatic carbocycles. The van der Waals surface area contributed by atoms with Crippen molar-refractivity contribution >= 4 is 22.4 Å². The predicted octanol–water partition coefficient (Wildman–Crippen LogP) is 2.22. The van der Waals surface area contributed by atoms with Gasteiger partial charge in [-0.15, -0.1) is 0 Å². The largest absolute Gasteiger partial charge is 0.398 e. The van der Waals surface area contributed by atoms with E-state index in [2.05, 4.69) is 11.8 Å². The number of morpholine rings is 1. The molecule has 19 heavy (non-hydrogen) atoms. The van der Waals surface area contributed by atoms with Gasteiger partial charge in [-0.1, -0.05) is 25.1 Å². The molecule has 0 amide bonds. The molecule has 1 aliphatic rings. The van der Waals surface area contributed by atoms with Crippen molar-refractivity contribution in [3.63, 3.8) is 0 Å². The molecule has 0 bridgehead atoms. The monoisotopic (exact) mass is 257 g/mol. The van der Waals surface area contributed by atoms with Gasteiger partial charge in [-0.2, -0.15) is 0 Å². The molecule has 0 saturated carbocycles. The Morgan fingerprint density at radius 2 is 2.00 bits per heavy atom. The van der Waals surface area contributed by atoms with Crippen LogP contribution < -0.4 is 10.6 Å². The number of aromatic nitrogens is 1. The standard InChI is InChI=1S/C15H19N3O/c1-2-11-14(16)12-5-3-4-6-13(12)17-15(11)18-7-9-19-10-8-18/h3-6H,2,7-10H2,1H3,(H2,16,17). The Kier molecular flexibility index (Phi) is 3.25. The van der Waals surface area contributed by atoms with Gasteiger partial charge in [0.1, 0.15) is 5.82 Å². The van der Waals surface area contributed by atoms with Crippen molar-refractivity contribution in [1.29, 1.82) is 0 Å². The first-order valence-corrected chi connectivity index (χ1v) is 6.81. The summed E-state index contributed by atoms with van der Waals surface area (Å²) in [7, 11) is 0. The van der Waals surface area contributed by atoms with E-state index in [1.807, 2.05) is 24.3 Å². The maximum Gasteiger partial charge on any atom is 0.134 e. The number of pyridine rings is 1. The number of nitrogens with two attached hydrogens (primary N) is 1. The average molecular weight is 257 g/mol. The Morgan fingerprint density at radius 1 is 1.26 bits per heavy atom. The van der Waals surface area contributed by atoms with Gasteiger partial charge in [0.25, 0.3) is 0 Å². The molecule has 2 N–H and O–H groups in total. The molecule has 2 heterocycles. The molecule has 4 nitrogen and oxygen atoms in total. The number of rotatable bonds is 2. The van der Waals surface area contributed by atoms with Crippen molar-refractivity contribution in [3.8, 4) is 0 Å². The molecule has 1 fully saturated rings. The zero-order valence-electron chi connectivity index (χ0n) is 11.2. The van der Waals surface area contributed by atoms with E-state index in [1.54, 1.807) is 0 Å². The molecular formula is C15H19N3O. The van der Waals surface area contributed by atoms with Crippen LogP contribution in [-0.2, 0) is 11.2 Å².